The molecule has 2 nitrogen and oxygen atoms in total. The molecule has 0 aromatic carbocycles. The highest BCUT2D eigenvalue weighted by Gasteiger charge is 2.20. The predicted molar refractivity (Wildman–Crippen MR) is 47.3 cm³/mol. The van der Waals surface area contributed by atoms with Crippen LogP contribution in [0.2, 0.25) is 0 Å². The third kappa shape index (κ3) is 1.30. The van der Waals surface area contributed by atoms with Crippen molar-refractivity contribution >= 4 is 15.9 Å². The molecule has 0 aliphatic carbocycles. The minimum atomic E-state index is 0.526. The molecule has 0 radical (unpaired) electrons. The van der Waals surface area contributed by atoms with Gasteiger partial charge in [-0.3, -0.25) is 0 Å². The molecule has 3 heteroatoms. The van der Waals surface area contributed by atoms with Crippen LogP contribution >= 0.6 is 15.9 Å². The summed E-state index contributed by atoms with van der Waals surface area (Å²) in [6.45, 7) is 1.13. The molecular weight excluding hydrogens is 204 g/mol. The molecule has 0 unspecified atom stereocenters. The Morgan fingerprint density at radius 1 is 1.64 bits per heavy atom. The standard InChI is InChI=1S/C8H9BrN2/c9-8-6(2-1-4-11-8)7-3-5-10-7/h1-2,4,7,10H,3,5H2/t7-/m0/s1. The predicted octanol–water partition coefficient (Wildman–Crippen LogP) is 1.88. The number of hydrogen-bond acceptors (Lipinski definition) is 2. The Morgan fingerprint density at radius 3 is 3.00 bits per heavy atom. The van der Waals surface area contributed by atoms with Gasteiger partial charge < -0.3 is 5.32 Å². The highest BCUT2D eigenvalue weighted by Crippen LogP contribution is 2.27. The first kappa shape index (κ1) is 7.25. The second-order valence-electron chi connectivity index (χ2n) is 2.68. The van der Waals surface area contributed by atoms with E-state index >= 15 is 0 Å². The normalized spacial score (nSPS) is 22.8. The fraction of sp³-hybridized carbons (Fsp3) is 0.375. The first-order valence-corrected chi connectivity index (χ1v) is 4.51. The number of halogens is 1. The lowest BCUT2D eigenvalue weighted by Crippen LogP contribution is -2.35. The molecule has 2 rings (SSSR count). The largest absolute Gasteiger partial charge is 0.310 e. The summed E-state index contributed by atoms with van der Waals surface area (Å²) in [6, 6.07) is 4.60. The van der Waals surface area contributed by atoms with E-state index in [1.807, 2.05) is 6.07 Å². The van der Waals surface area contributed by atoms with E-state index in [9.17, 15) is 0 Å². The van der Waals surface area contributed by atoms with Crippen LogP contribution in [0.25, 0.3) is 0 Å². The molecule has 1 aromatic heterocycles. The summed E-state index contributed by atoms with van der Waals surface area (Å²) in [4.78, 5) is 4.16. The third-order valence-electron chi connectivity index (χ3n) is 1.99. The highest BCUT2D eigenvalue weighted by atomic mass is 79.9. The molecule has 0 bridgehead atoms. The lowest BCUT2D eigenvalue weighted by molar-refractivity contribution is 0.381. The molecule has 1 N–H and O–H groups in total. The van der Waals surface area contributed by atoms with Crippen LogP contribution in [0.5, 0.6) is 0 Å². The molecular formula is C8H9BrN2. The molecule has 1 saturated heterocycles. The maximum Gasteiger partial charge on any atom is 0.110 e. The van der Waals surface area contributed by atoms with Gasteiger partial charge in [0, 0.05) is 17.8 Å². The number of pyridine rings is 1. The van der Waals surface area contributed by atoms with E-state index in [1.165, 1.54) is 12.0 Å². The topological polar surface area (TPSA) is 24.9 Å². The maximum atomic E-state index is 4.16. The number of aromatic nitrogens is 1. The van der Waals surface area contributed by atoms with Crippen molar-refractivity contribution in [1.29, 1.82) is 0 Å². The van der Waals surface area contributed by atoms with Crippen LogP contribution in [0, 0.1) is 0 Å². The Balaban J connectivity index is 2.28. The van der Waals surface area contributed by atoms with Crippen molar-refractivity contribution in [2.45, 2.75) is 12.5 Å². The van der Waals surface area contributed by atoms with Gasteiger partial charge in [-0.1, -0.05) is 6.07 Å². The van der Waals surface area contributed by atoms with Gasteiger partial charge in [0.25, 0.3) is 0 Å². The minimum Gasteiger partial charge on any atom is -0.310 e. The second kappa shape index (κ2) is 2.91. The molecule has 1 aliphatic heterocycles. The van der Waals surface area contributed by atoms with E-state index < -0.39 is 0 Å². The summed E-state index contributed by atoms with van der Waals surface area (Å²) in [5.74, 6) is 0. The van der Waals surface area contributed by atoms with E-state index in [0.717, 1.165) is 11.1 Å². The third-order valence-corrected chi connectivity index (χ3v) is 2.65. The van der Waals surface area contributed by atoms with Crippen molar-refractivity contribution in [3.63, 3.8) is 0 Å². The quantitative estimate of drug-likeness (QED) is 0.720. The maximum absolute atomic E-state index is 4.16. The summed E-state index contributed by atoms with van der Waals surface area (Å²) in [5, 5.41) is 3.33. The highest BCUT2D eigenvalue weighted by molar-refractivity contribution is 9.10. The molecule has 1 atom stereocenters. The fourth-order valence-electron chi connectivity index (χ4n) is 1.21. The van der Waals surface area contributed by atoms with Crippen LogP contribution in [0.1, 0.15) is 18.0 Å². The van der Waals surface area contributed by atoms with Crippen LogP contribution < -0.4 is 5.32 Å². The smallest absolute Gasteiger partial charge is 0.110 e. The molecule has 11 heavy (non-hydrogen) atoms. The molecule has 1 aliphatic rings. The molecule has 2 heterocycles. The zero-order valence-corrected chi connectivity index (χ0v) is 7.63. The Kier molecular flexibility index (Phi) is 1.92. The van der Waals surface area contributed by atoms with Crippen LogP contribution in [0.15, 0.2) is 22.9 Å². The number of nitrogens with zero attached hydrogens (tertiary/aromatic N) is 1. The molecule has 1 aromatic rings. The number of hydrogen-bond donors (Lipinski definition) is 1. The van der Waals surface area contributed by atoms with Crippen molar-refractivity contribution in [2.75, 3.05) is 6.54 Å². The van der Waals surface area contributed by atoms with Gasteiger partial charge in [-0.25, -0.2) is 4.98 Å². The Hall–Kier alpha value is -0.410. The second-order valence-corrected chi connectivity index (χ2v) is 3.43. The zero-order valence-electron chi connectivity index (χ0n) is 6.05. The Labute approximate surface area is 74.2 Å². The number of rotatable bonds is 1. The van der Waals surface area contributed by atoms with E-state index in [2.05, 4.69) is 32.3 Å². The van der Waals surface area contributed by atoms with Gasteiger partial charge >= 0.3 is 0 Å². The van der Waals surface area contributed by atoms with E-state index in [4.69, 9.17) is 0 Å². The lowest BCUT2D eigenvalue weighted by Gasteiger charge is -2.28. The Bertz CT molecular complexity index is 258. The monoisotopic (exact) mass is 212 g/mol. The van der Waals surface area contributed by atoms with Crippen LogP contribution in [-0.4, -0.2) is 11.5 Å². The van der Waals surface area contributed by atoms with Crippen molar-refractivity contribution < 1.29 is 0 Å². The van der Waals surface area contributed by atoms with Crippen molar-refractivity contribution in [1.82, 2.24) is 10.3 Å². The summed E-state index contributed by atoms with van der Waals surface area (Å²) >= 11 is 3.42. The zero-order chi connectivity index (χ0) is 7.68. The first-order chi connectivity index (χ1) is 5.38. The summed E-state index contributed by atoms with van der Waals surface area (Å²) < 4.78 is 0.970. The van der Waals surface area contributed by atoms with Gasteiger partial charge in [-0.15, -0.1) is 0 Å². The van der Waals surface area contributed by atoms with Crippen LogP contribution in [0.3, 0.4) is 0 Å². The van der Waals surface area contributed by atoms with Crippen molar-refractivity contribution in [3.8, 4) is 0 Å². The van der Waals surface area contributed by atoms with Gasteiger partial charge in [0.15, 0.2) is 0 Å². The minimum absolute atomic E-state index is 0.526. The number of nitrogens with one attached hydrogen (secondary N) is 1. The van der Waals surface area contributed by atoms with Gasteiger partial charge in [-0.2, -0.15) is 0 Å². The molecule has 0 saturated carbocycles. The Morgan fingerprint density at radius 2 is 2.45 bits per heavy atom. The van der Waals surface area contributed by atoms with E-state index in [0.29, 0.717) is 6.04 Å². The van der Waals surface area contributed by atoms with Crippen LogP contribution in [-0.2, 0) is 0 Å². The van der Waals surface area contributed by atoms with Gasteiger partial charge in [0.1, 0.15) is 4.60 Å². The molecule has 58 valence electrons. The summed E-state index contributed by atoms with van der Waals surface area (Å²) in [5.41, 5.74) is 1.28. The SMILES string of the molecule is Brc1ncccc1[C@@H]1CCN1. The van der Waals surface area contributed by atoms with Gasteiger partial charge in [0.05, 0.1) is 0 Å². The van der Waals surface area contributed by atoms with E-state index in [-0.39, 0.29) is 0 Å². The summed E-state index contributed by atoms with van der Waals surface area (Å²) in [7, 11) is 0. The average molecular weight is 213 g/mol. The van der Waals surface area contributed by atoms with Crippen molar-refractivity contribution in [3.05, 3.63) is 28.5 Å². The first-order valence-electron chi connectivity index (χ1n) is 3.72. The fourth-order valence-corrected chi connectivity index (χ4v) is 1.74. The molecule has 0 amide bonds. The van der Waals surface area contributed by atoms with E-state index in [1.54, 1.807) is 6.20 Å². The molecule has 0 spiro atoms. The van der Waals surface area contributed by atoms with Gasteiger partial charge in [0.2, 0.25) is 0 Å². The summed E-state index contributed by atoms with van der Waals surface area (Å²) in [6.07, 6.45) is 3.02. The lowest BCUT2D eigenvalue weighted by atomic mass is 10.0. The van der Waals surface area contributed by atoms with Gasteiger partial charge in [-0.05, 0) is 35.0 Å². The average Bonchev–Trinajstić information content (AvgIpc) is 1.90. The van der Waals surface area contributed by atoms with Crippen molar-refractivity contribution in [2.24, 2.45) is 0 Å². The molecule has 1 fully saturated rings. The van der Waals surface area contributed by atoms with Crippen LogP contribution in [0.4, 0.5) is 0 Å².